The molecule has 0 aliphatic carbocycles. The average Bonchev–Trinajstić information content (AvgIpc) is 2.23. The third-order valence-electron chi connectivity index (χ3n) is 1.83. The van der Waals surface area contributed by atoms with E-state index in [-0.39, 0.29) is 11.5 Å². The first-order chi connectivity index (χ1) is 7.59. The fourth-order valence-electron chi connectivity index (χ4n) is 1.00. The van der Waals surface area contributed by atoms with Gasteiger partial charge in [-0.25, -0.2) is 0 Å². The number of hydrogen-bond acceptors (Lipinski definition) is 4. The molecule has 84 valence electrons. The van der Waals surface area contributed by atoms with Gasteiger partial charge in [0, 0.05) is 6.07 Å². The summed E-state index contributed by atoms with van der Waals surface area (Å²) in [5.41, 5.74) is 12.1. The number of anilines is 2. The highest BCUT2D eigenvalue weighted by Crippen LogP contribution is 2.14. The summed E-state index contributed by atoms with van der Waals surface area (Å²) < 4.78 is 0. The number of para-hydroxylation sites is 2. The first-order valence-electron chi connectivity index (χ1n) is 4.67. The molecule has 4 nitrogen and oxygen atoms in total. The summed E-state index contributed by atoms with van der Waals surface area (Å²) in [5, 5.41) is 17.3. The first-order valence-corrected chi connectivity index (χ1v) is 4.67. The molecule has 0 saturated carbocycles. The van der Waals surface area contributed by atoms with Crippen molar-refractivity contribution in [1.29, 1.82) is 0 Å². The second kappa shape index (κ2) is 5.50. The van der Waals surface area contributed by atoms with Gasteiger partial charge in [-0.3, -0.25) is 0 Å². The van der Waals surface area contributed by atoms with E-state index in [1.807, 2.05) is 12.1 Å². The van der Waals surface area contributed by atoms with E-state index in [1.165, 1.54) is 18.2 Å². The van der Waals surface area contributed by atoms with Crippen LogP contribution >= 0.6 is 0 Å². The summed E-state index contributed by atoms with van der Waals surface area (Å²) in [6.45, 7) is 0. The van der Waals surface area contributed by atoms with Gasteiger partial charge < -0.3 is 21.7 Å². The molecule has 2 rings (SSSR count). The lowest BCUT2D eigenvalue weighted by Gasteiger charge is -1.94. The molecule has 2 aromatic carbocycles. The second-order valence-corrected chi connectivity index (χ2v) is 3.15. The normalized spacial score (nSPS) is 9.00. The van der Waals surface area contributed by atoms with Crippen LogP contribution in [0.15, 0.2) is 48.5 Å². The molecular weight excluding hydrogens is 204 g/mol. The average molecular weight is 218 g/mol. The number of benzene rings is 2. The van der Waals surface area contributed by atoms with Crippen molar-refractivity contribution in [3.05, 3.63) is 48.5 Å². The topological polar surface area (TPSA) is 92.5 Å². The predicted octanol–water partition coefficient (Wildman–Crippen LogP) is 1.95. The zero-order valence-corrected chi connectivity index (χ0v) is 8.67. The number of phenols is 2. The van der Waals surface area contributed by atoms with E-state index >= 15 is 0 Å². The molecule has 0 saturated heterocycles. The van der Waals surface area contributed by atoms with Crippen molar-refractivity contribution < 1.29 is 10.2 Å². The zero-order chi connectivity index (χ0) is 12.0. The standard InChI is InChI=1S/C6H8N2.C6H6O2/c7-5-3-1-2-4-6(5)8;7-5-2-1-3-6(8)4-5/h1-4H,7-8H2;1-4,7-8H. The number of rotatable bonds is 0. The van der Waals surface area contributed by atoms with Gasteiger partial charge in [0.1, 0.15) is 11.5 Å². The highest BCUT2D eigenvalue weighted by atomic mass is 16.3. The van der Waals surface area contributed by atoms with Gasteiger partial charge in [-0.05, 0) is 24.3 Å². The lowest BCUT2D eigenvalue weighted by Crippen LogP contribution is -1.91. The summed E-state index contributed by atoms with van der Waals surface area (Å²) in [5.74, 6) is 0.176. The molecule has 0 unspecified atom stereocenters. The van der Waals surface area contributed by atoms with Crippen LogP contribution in [0.5, 0.6) is 11.5 Å². The minimum Gasteiger partial charge on any atom is -0.508 e. The van der Waals surface area contributed by atoms with Gasteiger partial charge in [-0.15, -0.1) is 0 Å². The molecule has 0 spiro atoms. The number of hydrogen-bond donors (Lipinski definition) is 4. The molecule has 0 fully saturated rings. The molecule has 0 heterocycles. The Bertz CT molecular complexity index is 420. The van der Waals surface area contributed by atoms with E-state index in [9.17, 15) is 0 Å². The van der Waals surface area contributed by atoms with Crippen molar-refractivity contribution in [2.45, 2.75) is 0 Å². The maximum absolute atomic E-state index is 8.65. The number of nitrogens with two attached hydrogens (primary N) is 2. The van der Waals surface area contributed by atoms with Crippen LogP contribution in [0.3, 0.4) is 0 Å². The van der Waals surface area contributed by atoms with Gasteiger partial charge in [0.15, 0.2) is 0 Å². The summed E-state index contributed by atoms with van der Waals surface area (Å²) in [6, 6.07) is 13.1. The highest BCUT2D eigenvalue weighted by Gasteiger charge is 1.86. The van der Waals surface area contributed by atoms with Crippen molar-refractivity contribution in [2.75, 3.05) is 11.5 Å². The van der Waals surface area contributed by atoms with E-state index in [2.05, 4.69) is 0 Å². The van der Waals surface area contributed by atoms with Gasteiger partial charge in [-0.1, -0.05) is 18.2 Å². The predicted molar refractivity (Wildman–Crippen MR) is 65.0 cm³/mol. The van der Waals surface area contributed by atoms with E-state index < -0.39 is 0 Å². The Kier molecular flexibility index (Phi) is 4.03. The molecule has 16 heavy (non-hydrogen) atoms. The molecular formula is C12H14N2O2. The highest BCUT2D eigenvalue weighted by molar-refractivity contribution is 5.62. The van der Waals surface area contributed by atoms with E-state index in [4.69, 9.17) is 21.7 Å². The monoisotopic (exact) mass is 218 g/mol. The summed E-state index contributed by atoms with van der Waals surface area (Å²) >= 11 is 0. The Morgan fingerprint density at radius 1 is 0.688 bits per heavy atom. The van der Waals surface area contributed by atoms with Gasteiger partial charge in [0.25, 0.3) is 0 Å². The minimum atomic E-state index is 0.0880. The number of nitrogen functional groups attached to an aromatic ring is 2. The first kappa shape index (κ1) is 11.7. The molecule has 0 atom stereocenters. The molecule has 0 amide bonds. The molecule has 0 aliphatic heterocycles. The van der Waals surface area contributed by atoms with Crippen LogP contribution in [0.25, 0.3) is 0 Å². The van der Waals surface area contributed by atoms with Crippen LogP contribution in [0.4, 0.5) is 11.4 Å². The Morgan fingerprint density at radius 2 is 1.12 bits per heavy atom. The van der Waals surface area contributed by atoms with E-state index in [1.54, 1.807) is 18.2 Å². The molecule has 6 N–H and O–H groups in total. The van der Waals surface area contributed by atoms with Crippen molar-refractivity contribution in [2.24, 2.45) is 0 Å². The Morgan fingerprint density at radius 3 is 1.38 bits per heavy atom. The molecule has 0 aromatic heterocycles. The van der Waals surface area contributed by atoms with E-state index in [0.717, 1.165) is 0 Å². The maximum atomic E-state index is 8.65. The SMILES string of the molecule is Nc1ccccc1N.Oc1cccc(O)c1. The molecule has 0 radical (unpaired) electrons. The van der Waals surface area contributed by atoms with Gasteiger partial charge in [0.2, 0.25) is 0 Å². The van der Waals surface area contributed by atoms with Crippen molar-refractivity contribution in [3.63, 3.8) is 0 Å². The Labute approximate surface area is 93.8 Å². The fourth-order valence-corrected chi connectivity index (χ4v) is 1.00. The van der Waals surface area contributed by atoms with Crippen LogP contribution in [-0.2, 0) is 0 Å². The maximum Gasteiger partial charge on any atom is 0.119 e. The van der Waals surface area contributed by atoms with Crippen LogP contribution in [-0.4, -0.2) is 10.2 Å². The molecule has 4 heteroatoms. The fraction of sp³-hybridized carbons (Fsp3) is 0. The molecule has 0 aliphatic rings. The van der Waals surface area contributed by atoms with Gasteiger partial charge in [0.05, 0.1) is 11.4 Å². The van der Waals surface area contributed by atoms with Crippen LogP contribution in [0.1, 0.15) is 0 Å². The lowest BCUT2D eigenvalue weighted by molar-refractivity contribution is 0.450. The van der Waals surface area contributed by atoms with E-state index in [0.29, 0.717) is 11.4 Å². The summed E-state index contributed by atoms with van der Waals surface area (Å²) in [4.78, 5) is 0. The zero-order valence-electron chi connectivity index (χ0n) is 8.67. The number of phenolic OH excluding ortho intramolecular Hbond substituents is 2. The van der Waals surface area contributed by atoms with Crippen molar-refractivity contribution in [3.8, 4) is 11.5 Å². The largest absolute Gasteiger partial charge is 0.508 e. The lowest BCUT2D eigenvalue weighted by atomic mass is 10.3. The van der Waals surface area contributed by atoms with Crippen molar-refractivity contribution in [1.82, 2.24) is 0 Å². The summed E-state index contributed by atoms with van der Waals surface area (Å²) in [6.07, 6.45) is 0. The van der Waals surface area contributed by atoms with Crippen LogP contribution in [0, 0.1) is 0 Å². The molecule has 2 aromatic rings. The third kappa shape index (κ3) is 3.79. The van der Waals surface area contributed by atoms with Gasteiger partial charge in [-0.2, -0.15) is 0 Å². The second-order valence-electron chi connectivity index (χ2n) is 3.15. The molecule has 0 bridgehead atoms. The van der Waals surface area contributed by atoms with Crippen LogP contribution < -0.4 is 11.5 Å². The quantitative estimate of drug-likeness (QED) is 0.508. The van der Waals surface area contributed by atoms with Crippen molar-refractivity contribution >= 4 is 11.4 Å². The Hall–Kier alpha value is -2.36. The third-order valence-corrected chi connectivity index (χ3v) is 1.83. The smallest absolute Gasteiger partial charge is 0.119 e. The van der Waals surface area contributed by atoms with Gasteiger partial charge >= 0.3 is 0 Å². The number of aromatic hydroxyl groups is 2. The summed E-state index contributed by atoms with van der Waals surface area (Å²) in [7, 11) is 0. The minimum absolute atomic E-state index is 0.0880. The van der Waals surface area contributed by atoms with Crippen LogP contribution in [0.2, 0.25) is 0 Å². The Balaban J connectivity index is 0.000000160.